The topological polar surface area (TPSA) is 46.1 Å². The first-order chi connectivity index (χ1) is 10.9. The summed E-state index contributed by atoms with van der Waals surface area (Å²) in [5.41, 5.74) is 2.01. The molecule has 0 saturated carbocycles. The Labute approximate surface area is 141 Å². The zero-order chi connectivity index (χ0) is 16.7. The highest BCUT2D eigenvalue weighted by molar-refractivity contribution is 7.20. The number of aryl methyl sites for hydroxylation is 3. The van der Waals surface area contributed by atoms with Gasteiger partial charge in [-0.25, -0.2) is 9.97 Å². The van der Waals surface area contributed by atoms with Crippen LogP contribution in [0.4, 0.5) is 0 Å². The van der Waals surface area contributed by atoms with E-state index < -0.39 is 0 Å². The van der Waals surface area contributed by atoms with E-state index in [1.165, 1.54) is 24.2 Å². The minimum Gasteiger partial charge on any atom is -0.335 e. The highest BCUT2D eigenvalue weighted by Gasteiger charge is 2.29. The van der Waals surface area contributed by atoms with Crippen molar-refractivity contribution in [2.24, 2.45) is 5.92 Å². The van der Waals surface area contributed by atoms with E-state index in [1.54, 1.807) is 0 Å². The molecule has 5 heteroatoms. The molecule has 0 bridgehead atoms. The quantitative estimate of drug-likeness (QED) is 0.784. The lowest BCUT2D eigenvalue weighted by Crippen LogP contribution is -2.39. The van der Waals surface area contributed by atoms with Crippen molar-refractivity contribution in [1.82, 2.24) is 14.9 Å². The van der Waals surface area contributed by atoms with Gasteiger partial charge in [-0.2, -0.15) is 0 Å². The summed E-state index contributed by atoms with van der Waals surface area (Å²) in [7, 11) is 0. The van der Waals surface area contributed by atoms with Gasteiger partial charge in [0.25, 0.3) is 5.91 Å². The lowest BCUT2D eigenvalue weighted by atomic mass is 10.1. The molecule has 0 radical (unpaired) electrons. The summed E-state index contributed by atoms with van der Waals surface area (Å²) in [5.74, 6) is 1.51. The zero-order valence-corrected chi connectivity index (χ0v) is 15.5. The molecule has 0 N–H and O–H groups in total. The highest BCUT2D eigenvalue weighted by Crippen LogP contribution is 2.33. The van der Waals surface area contributed by atoms with Gasteiger partial charge in [0.2, 0.25) is 0 Å². The van der Waals surface area contributed by atoms with Gasteiger partial charge >= 0.3 is 0 Å². The molecule has 2 aromatic rings. The average Bonchev–Trinajstić information content (AvgIpc) is 2.70. The Hall–Kier alpha value is -1.49. The largest absolute Gasteiger partial charge is 0.335 e. The van der Waals surface area contributed by atoms with Crippen LogP contribution in [0.2, 0.25) is 0 Å². The van der Waals surface area contributed by atoms with Crippen molar-refractivity contribution in [3.63, 3.8) is 0 Å². The number of hydrogen-bond acceptors (Lipinski definition) is 4. The molecule has 0 spiro atoms. The molecular weight excluding hydrogens is 306 g/mol. The summed E-state index contributed by atoms with van der Waals surface area (Å²) in [5, 5.41) is 1.06. The number of likely N-dealkylation sites (tertiary alicyclic amines) is 1. The van der Waals surface area contributed by atoms with E-state index in [0.717, 1.165) is 45.1 Å². The predicted octanol–water partition coefficient (Wildman–Crippen LogP) is 4.27. The second kappa shape index (κ2) is 6.19. The van der Waals surface area contributed by atoms with Gasteiger partial charge in [-0.1, -0.05) is 13.3 Å². The van der Waals surface area contributed by atoms with Crippen LogP contribution in [0.3, 0.4) is 0 Å². The van der Waals surface area contributed by atoms with Crippen molar-refractivity contribution < 1.29 is 4.79 Å². The molecule has 2 aromatic heterocycles. The fourth-order valence-electron chi connectivity index (χ4n) is 3.62. The first kappa shape index (κ1) is 16.4. The van der Waals surface area contributed by atoms with E-state index in [0.29, 0.717) is 12.0 Å². The number of carbonyl (C=O) groups is 1. The number of amides is 1. The van der Waals surface area contributed by atoms with E-state index in [-0.39, 0.29) is 5.91 Å². The van der Waals surface area contributed by atoms with Crippen LogP contribution in [0, 0.1) is 26.7 Å². The van der Waals surface area contributed by atoms with Crippen LogP contribution in [0.15, 0.2) is 0 Å². The predicted molar refractivity (Wildman–Crippen MR) is 95.1 cm³/mol. The molecule has 0 aliphatic carbocycles. The average molecular weight is 331 g/mol. The van der Waals surface area contributed by atoms with Gasteiger partial charge in [-0.15, -0.1) is 11.3 Å². The van der Waals surface area contributed by atoms with Crippen LogP contribution < -0.4 is 0 Å². The highest BCUT2D eigenvalue weighted by atomic mass is 32.1. The molecule has 124 valence electrons. The minimum atomic E-state index is 0.170. The Morgan fingerprint density at radius 2 is 1.91 bits per heavy atom. The summed E-state index contributed by atoms with van der Waals surface area (Å²) in [6.45, 7) is 11.2. The maximum atomic E-state index is 13.2. The van der Waals surface area contributed by atoms with E-state index >= 15 is 0 Å². The lowest BCUT2D eigenvalue weighted by Gasteiger charge is -2.28. The molecule has 3 rings (SSSR count). The summed E-state index contributed by atoms with van der Waals surface area (Å²) < 4.78 is 0. The van der Waals surface area contributed by atoms with Crippen molar-refractivity contribution in [2.45, 2.75) is 59.9 Å². The third-order valence-corrected chi connectivity index (χ3v) is 6.07. The van der Waals surface area contributed by atoms with Crippen molar-refractivity contribution in [2.75, 3.05) is 6.54 Å². The maximum absolute atomic E-state index is 13.2. The SMILES string of the molecule is Cc1nc(C)c2c(C)c(C(=O)N3CC(C)CCCC3C)sc2n1. The van der Waals surface area contributed by atoms with E-state index in [1.807, 2.05) is 20.8 Å². The smallest absolute Gasteiger partial charge is 0.264 e. The molecule has 4 nitrogen and oxygen atoms in total. The monoisotopic (exact) mass is 331 g/mol. The summed E-state index contributed by atoms with van der Waals surface area (Å²) in [6, 6.07) is 0.311. The number of thiophene rings is 1. The first-order valence-electron chi connectivity index (χ1n) is 8.43. The van der Waals surface area contributed by atoms with Crippen LogP contribution in [-0.2, 0) is 0 Å². The van der Waals surface area contributed by atoms with Gasteiger partial charge < -0.3 is 4.90 Å². The molecule has 1 saturated heterocycles. The zero-order valence-electron chi connectivity index (χ0n) is 14.6. The summed E-state index contributed by atoms with van der Waals surface area (Å²) >= 11 is 1.52. The van der Waals surface area contributed by atoms with Crippen molar-refractivity contribution >= 4 is 27.5 Å². The fourth-order valence-corrected chi connectivity index (χ4v) is 4.85. The Bertz CT molecular complexity index is 752. The van der Waals surface area contributed by atoms with Gasteiger partial charge in [-0.3, -0.25) is 4.79 Å². The minimum absolute atomic E-state index is 0.170. The van der Waals surface area contributed by atoms with Gasteiger partial charge in [0, 0.05) is 23.7 Å². The first-order valence-corrected chi connectivity index (χ1v) is 9.25. The number of hydrogen-bond donors (Lipinski definition) is 0. The van der Waals surface area contributed by atoms with Crippen molar-refractivity contribution in [3.8, 4) is 0 Å². The molecular formula is C18H25N3OS. The standard InChI is InChI=1S/C18H25N3OS/c1-10-7-6-8-11(2)21(9-10)18(22)16-12(3)15-13(4)19-14(5)20-17(15)23-16/h10-11H,6-9H2,1-5H3. The Kier molecular flexibility index (Phi) is 4.41. The second-order valence-corrected chi connectivity index (χ2v) is 7.93. The summed E-state index contributed by atoms with van der Waals surface area (Å²) in [4.78, 5) is 26.0. The lowest BCUT2D eigenvalue weighted by molar-refractivity contribution is 0.0682. The number of nitrogens with zero attached hydrogens (tertiary/aromatic N) is 3. The van der Waals surface area contributed by atoms with Crippen LogP contribution in [0.5, 0.6) is 0 Å². The molecule has 1 amide bonds. The van der Waals surface area contributed by atoms with Gasteiger partial charge in [0.1, 0.15) is 10.7 Å². The van der Waals surface area contributed by atoms with E-state index in [9.17, 15) is 4.79 Å². The van der Waals surface area contributed by atoms with Gasteiger partial charge in [0.15, 0.2) is 0 Å². The van der Waals surface area contributed by atoms with Gasteiger partial charge in [-0.05, 0) is 52.0 Å². The second-order valence-electron chi connectivity index (χ2n) is 6.94. The molecule has 1 fully saturated rings. The molecule has 2 unspecified atom stereocenters. The normalized spacial score (nSPS) is 22.4. The van der Waals surface area contributed by atoms with Gasteiger partial charge in [0.05, 0.1) is 4.88 Å². The number of carbonyl (C=O) groups excluding carboxylic acids is 1. The van der Waals surface area contributed by atoms with Crippen LogP contribution in [0.25, 0.3) is 10.2 Å². The molecule has 2 atom stereocenters. The molecule has 23 heavy (non-hydrogen) atoms. The number of fused-ring (bicyclic) bond motifs is 1. The van der Waals surface area contributed by atoms with Crippen LogP contribution in [-0.4, -0.2) is 33.4 Å². The molecule has 3 heterocycles. The van der Waals surface area contributed by atoms with Crippen molar-refractivity contribution in [1.29, 1.82) is 0 Å². The van der Waals surface area contributed by atoms with Crippen LogP contribution >= 0.6 is 11.3 Å². The number of rotatable bonds is 1. The van der Waals surface area contributed by atoms with Crippen molar-refractivity contribution in [3.05, 3.63) is 22.0 Å². The summed E-state index contributed by atoms with van der Waals surface area (Å²) in [6.07, 6.45) is 3.52. The molecule has 1 aliphatic rings. The third kappa shape index (κ3) is 2.99. The number of aromatic nitrogens is 2. The molecule has 0 aromatic carbocycles. The maximum Gasteiger partial charge on any atom is 0.264 e. The van der Waals surface area contributed by atoms with E-state index in [4.69, 9.17) is 0 Å². The Morgan fingerprint density at radius 1 is 1.17 bits per heavy atom. The van der Waals surface area contributed by atoms with Crippen LogP contribution in [0.1, 0.15) is 59.9 Å². The van der Waals surface area contributed by atoms with E-state index in [2.05, 4.69) is 28.7 Å². The fraction of sp³-hybridized carbons (Fsp3) is 0.611. The Morgan fingerprint density at radius 3 is 2.65 bits per heavy atom. The third-order valence-electron chi connectivity index (χ3n) is 4.90. The Balaban J connectivity index is 2.03. The molecule has 1 aliphatic heterocycles.